The first-order chi connectivity index (χ1) is 16.6. The standard InChI is InChI=1S/C23H23N7O2S2/c1-29-23(26-27-28-29)33-14-20(31)24-17-10-8-15(9-11-17)22(32)30-12-4-5-16(13-30)21-25-18-6-2-3-7-19(18)34-21/h2-3,6-11,16H,4-5,12-14H2,1H3,(H,24,31)/t16-/m0/s1. The first kappa shape index (κ1) is 22.5. The van der Waals surface area contributed by atoms with Gasteiger partial charge in [0.2, 0.25) is 11.1 Å². The lowest BCUT2D eigenvalue weighted by Crippen LogP contribution is -2.39. The van der Waals surface area contributed by atoms with E-state index in [1.165, 1.54) is 21.1 Å². The smallest absolute Gasteiger partial charge is 0.253 e. The number of amides is 2. The number of rotatable bonds is 6. The van der Waals surface area contributed by atoms with Gasteiger partial charge in [-0.15, -0.1) is 16.4 Å². The number of aryl methyl sites for hydroxylation is 1. The Balaban J connectivity index is 1.18. The van der Waals surface area contributed by atoms with Gasteiger partial charge in [-0.1, -0.05) is 23.9 Å². The molecule has 11 heteroatoms. The highest BCUT2D eigenvalue weighted by Crippen LogP contribution is 2.33. The molecule has 0 aliphatic carbocycles. The lowest BCUT2D eigenvalue weighted by molar-refractivity contribution is -0.113. The third-order valence-corrected chi connectivity index (χ3v) is 7.91. The number of nitrogens with zero attached hydrogens (tertiary/aromatic N) is 6. The molecule has 1 N–H and O–H groups in total. The summed E-state index contributed by atoms with van der Waals surface area (Å²) in [7, 11) is 1.72. The third kappa shape index (κ3) is 4.95. The summed E-state index contributed by atoms with van der Waals surface area (Å²) in [6.45, 7) is 1.41. The number of fused-ring (bicyclic) bond motifs is 1. The number of thioether (sulfide) groups is 1. The summed E-state index contributed by atoms with van der Waals surface area (Å²) >= 11 is 2.98. The van der Waals surface area contributed by atoms with Crippen molar-refractivity contribution in [3.63, 3.8) is 0 Å². The Hall–Kier alpha value is -3.31. The minimum Gasteiger partial charge on any atom is -0.338 e. The van der Waals surface area contributed by atoms with Crippen LogP contribution in [0.3, 0.4) is 0 Å². The molecule has 9 nitrogen and oxygen atoms in total. The minimum absolute atomic E-state index is 0.00836. The van der Waals surface area contributed by atoms with E-state index in [2.05, 4.69) is 26.9 Å². The fourth-order valence-electron chi connectivity index (χ4n) is 3.98. The molecule has 2 aromatic carbocycles. The van der Waals surface area contributed by atoms with Gasteiger partial charge < -0.3 is 10.2 Å². The molecule has 34 heavy (non-hydrogen) atoms. The summed E-state index contributed by atoms with van der Waals surface area (Å²) in [4.78, 5) is 32.1. The molecule has 0 radical (unpaired) electrons. The first-order valence-electron chi connectivity index (χ1n) is 11.0. The van der Waals surface area contributed by atoms with Crippen molar-refractivity contribution in [3.05, 3.63) is 59.1 Å². The first-order valence-corrected chi connectivity index (χ1v) is 12.8. The van der Waals surface area contributed by atoms with Crippen LogP contribution in [0.4, 0.5) is 5.69 Å². The molecule has 1 atom stereocenters. The Morgan fingerprint density at radius 3 is 2.76 bits per heavy atom. The fourth-order valence-corrected chi connectivity index (χ4v) is 5.72. The van der Waals surface area contributed by atoms with Gasteiger partial charge in [-0.3, -0.25) is 9.59 Å². The van der Waals surface area contributed by atoms with Gasteiger partial charge in [0, 0.05) is 37.3 Å². The van der Waals surface area contributed by atoms with E-state index in [0.29, 0.717) is 23.0 Å². The van der Waals surface area contributed by atoms with Crippen LogP contribution >= 0.6 is 23.1 Å². The number of benzene rings is 2. The molecule has 174 valence electrons. The van der Waals surface area contributed by atoms with Crippen molar-refractivity contribution >= 4 is 50.8 Å². The van der Waals surface area contributed by atoms with Crippen molar-refractivity contribution in [1.29, 1.82) is 0 Å². The summed E-state index contributed by atoms with van der Waals surface area (Å²) in [5.74, 6) is 0.293. The summed E-state index contributed by atoms with van der Waals surface area (Å²) in [5, 5.41) is 15.7. The van der Waals surface area contributed by atoms with Gasteiger partial charge in [0.05, 0.1) is 21.0 Å². The van der Waals surface area contributed by atoms with Crippen LogP contribution in [0, 0.1) is 0 Å². The van der Waals surface area contributed by atoms with Gasteiger partial charge in [0.15, 0.2) is 0 Å². The normalized spacial score (nSPS) is 16.0. The molecule has 2 aromatic heterocycles. The van der Waals surface area contributed by atoms with Crippen LogP contribution in [0.25, 0.3) is 10.2 Å². The number of thiazole rings is 1. The van der Waals surface area contributed by atoms with Crippen molar-refractivity contribution in [1.82, 2.24) is 30.1 Å². The number of anilines is 1. The molecule has 3 heterocycles. The molecule has 1 aliphatic heterocycles. The Bertz CT molecular complexity index is 1290. The molecule has 1 saturated heterocycles. The number of para-hydroxylation sites is 1. The molecular formula is C23H23N7O2S2. The van der Waals surface area contributed by atoms with Gasteiger partial charge in [0.1, 0.15) is 0 Å². The van der Waals surface area contributed by atoms with Gasteiger partial charge in [0.25, 0.3) is 5.91 Å². The average Bonchev–Trinajstić information content (AvgIpc) is 3.49. The Morgan fingerprint density at radius 2 is 2.00 bits per heavy atom. The zero-order valence-corrected chi connectivity index (χ0v) is 20.2. The van der Waals surface area contributed by atoms with E-state index in [0.717, 1.165) is 29.9 Å². The summed E-state index contributed by atoms with van der Waals surface area (Å²) in [6.07, 6.45) is 2.00. The highest BCUT2D eigenvalue weighted by atomic mass is 32.2. The number of carbonyl (C=O) groups excluding carboxylic acids is 2. The minimum atomic E-state index is -0.165. The van der Waals surface area contributed by atoms with Crippen LogP contribution in [0.1, 0.15) is 34.1 Å². The number of nitrogens with one attached hydrogen (secondary N) is 1. The lowest BCUT2D eigenvalue weighted by atomic mass is 9.98. The summed E-state index contributed by atoms with van der Waals surface area (Å²) < 4.78 is 2.70. The van der Waals surface area contributed by atoms with Crippen molar-refractivity contribution in [2.24, 2.45) is 7.05 Å². The average molecular weight is 494 g/mol. The maximum atomic E-state index is 13.1. The van der Waals surface area contributed by atoms with E-state index in [9.17, 15) is 9.59 Å². The molecule has 0 saturated carbocycles. The summed E-state index contributed by atoms with van der Waals surface area (Å²) in [6, 6.07) is 15.2. The number of aromatic nitrogens is 5. The molecule has 4 aromatic rings. The van der Waals surface area contributed by atoms with Crippen LogP contribution in [-0.4, -0.2) is 60.7 Å². The highest BCUT2D eigenvalue weighted by Gasteiger charge is 2.27. The Labute approximate surface area is 204 Å². The van der Waals surface area contributed by atoms with Gasteiger partial charge in [-0.05, 0) is 59.7 Å². The van der Waals surface area contributed by atoms with Crippen LogP contribution in [0.5, 0.6) is 0 Å². The van der Waals surface area contributed by atoms with Crippen molar-refractivity contribution in [2.45, 2.75) is 23.9 Å². The number of carbonyl (C=O) groups is 2. The molecule has 0 spiro atoms. The molecule has 0 unspecified atom stereocenters. The van der Waals surface area contributed by atoms with Gasteiger partial charge >= 0.3 is 0 Å². The molecule has 2 amide bonds. The Kier molecular flexibility index (Phi) is 6.54. The maximum absolute atomic E-state index is 13.1. The van der Waals surface area contributed by atoms with E-state index in [4.69, 9.17) is 4.98 Å². The van der Waals surface area contributed by atoms with E-state index in [1.807, 2.05) is 23.1 Å². The zero-order valence-electron chi connectivity index (χ0n) is 18.5. The molecule has 1 fully saturated rings. The number of likely N-dealkylation sites (tertiary alicyclic amines) is 1. The van der Waals surface area contributed by atoms with Gasteiger partial charge in [-0.2, -0.15) is 0 Å². The lowest BCUT2D eigenvalue weighted by Gasteiger charge is -2.32. The van der Waals surface area contributed by atoms with E-state index < -0.39 is 0 Å². The van der Waals surface area contributed by atoms with E-state index in [1.54, 1.807) is 42.6 Å². The van der Waals surface area contributed by atoms with Crippen LogP contribution < -0.4 is 5.32 Å². The molecule has 1 aliphatic rings. The highest BCUT2D eigenvalue weighted by molar-refractivity contribution is 7.99. The van der Waals surface area contributed by atoms with Crippen molar-refractivity contribution in [2.75, 3.05) is 24.2 Å². The Morgan fingerprint density at radius 1 is 1.18 bits per heavy atom. The number of tetrazole rings is 1. The van der Waals surface area contributed by atoms with Crippen molar-refractivity contribution in [3.8, 4) is 0 Å². The number of piperidine rings is 1. The van der Waals surface area contributed by atoms with E-state index in [-0.39, 0.29) is 23.5 Å². The topological polar surface area (TPSA) is 106 Å². The third-order valence-electron chi connectivity index (χ3n) is 5.70. The number of hydrogen-bond acceptors (Lipinski definition) is 8. The maximum Gasteiger partial charge on any atom is 0.253 e. The van der Waals surface area contributed by atoms with Crippen LogP contribution in [-0.2, 0) is 11.8 Å². The van der Waals surface area contributed by atoms with Crippen LogP contribution in [0.15, 0.2) is 53.7 Å². The second-order valence-corrected chi connectivity index (χ2v) is 10.1. The van der Waals surface area contributed by atoms with Gasteiger partial charge in [-0.25, -0.2) is 9.67 Å². The monoisotopic (exact) mass is 493 g/mol. The fraction of sp³-hybridized carbons (Fsp3) is 0.304. The van der Waals surface area contributed by atoms with Crippen LogP contribution in [0.2, 0.25) is 0 Å². The van der Waals surface area contributed by atoms with Crippen molar-refractivity contribution < 1.29 is 9.59 Å². The largest absolute Gasteiger partial charge is 0.338 e. The quantitative estimate of drug-likeness (QED) is 0.409. The molecule has 5 rings (SSSR count). The zero-order chi connectivity index (χ0) is 23.5. The SMILES string of the molecule is Cn1nnnc1SCC(=O)Nc1ccc(C(=O)N2CCC[C@H](c3nc4ccccc4s3)C2)cc1. The van der Waals surface area contributed by atoms with E-state index >= 15 is 0 Å². The predicted molar refractivity (Wildman–Crippen MR) is 132 cm³/mol. The second-order valence-electron chi connectivity index (χ2n) is 8.11. The molecule has 0 bridgehead atoms. The summed E-state index contributed by atoms with van der Waals surface area (Å²) in [5.41, 5.74) is 2.28. The predicted octanol–water partition coefficient (Wildman–Crippen LogP) is 3.57. The molecular weight excluding hydrogens is 470 g/mol. The second kappa shape index (κ2) is 9.90. The number of hydrogen-bond donors (Lipinski definition) is 1.